The van der Waals surface area contributed by atoms with Crippen molar-refractivity contribution in [2.45, 2.75) is 39.5 Å². The maximum Gasteiger partial charge on any atom is 0.127 e. The Labute approximate surface area is 151 Å². The summed E-state index contributed by atoms with van der Waals surface area (Å²) in [5.74, 6) is 3.36. The van der Waals surface area contributed by atoms with E-state index in [0.29, 0.717) is 0 Å². The van der Waals surface area contributed by atoms with Crippen LogP contribution in [0, 0.1) is 0 Å². The van der Waals surface area contributed by atoms with Gasteiger partial charge in [-0.05, 0) is 61.4 Å². The Kier molecular flexibility index (Phi) is 9.78. The van der Waals surface area contributed by atoms with E-state index in [2.05, 4.69) is 13.8 Å². The summed E-state index contributed by atoms with van der Waals surface area (Å²) in [6.07, 6.45) is 4.43. The van der Waals surface area contributed by atoms with Gasteiger partial charge in [-0.1, -0.05) is 26.7 Å². The van der Waals surface area contributed by atoms with Crippen LogP contribution in [0.4, 0.5) is 0 Å². The molecule has 0 atom stereocenters. The summed E-state index contributed by atoms with van der Waals surface area (Å²) in [4.78, 5) is 0. The maximum absolute atomic E-state index is 5.83. The highest BCUT2D eigenvalue weighted by Crippen LogP contribution is 2.25. The summed E-state index contributed by atoms with van der Waals surface area (Å²) in [5.41, 5.74) is 0. The van der Waals surface area contributed by atoms with Gasteiger partial charge in [0.05, 0.1) is 13.2 Å². The van der Waals surface area contributed by atoms with Gasteiger partial charge in [-0.15, -0.1) is 12.4 Å². The van der Waals surface area contributed by atoms with Crippen LogP contribution in [-0.2, 0) is 0 Å². The van der Waals surface area contributed by atoms with E-state index in [9.17, 15) is 0 Å². The Bertz CT molecular complexity index is 501. The smallest absolute Gasteiger partial charge is 0.127 e. The van der Waals surface area contributed by atoms with Gasteiger partial charge >= 0.3 is 0 Å². The molecule has 0 heterocycles. The summed E-state index contributed by atoms with van der Waals surface area (Å²) in [6.45, 7) is 5.83. The summed E-state index contributed by atoms with van der Waals surface area (Å²) >= 11 is 0. The minimum Gasteiger partial charge on any atom is -0.494 e. The lowest BCUT2D eigenvalue weighted by molar-refractivity contribution is 0.308. The quantitative estimate of drug-likeness (QED) is 0.473. The zero-order valence-electron chi connectivity index (χ0n) is 14.5. The first-order valence-corrected chi connectivity index (χ1v) is 8.45. The number of ether oxygens (including phenoxy) is 3. The largest absolute Gasteiger partial charge is 0.494 e. The number of hydrogen-bond acceptors (Lipinski definition) is 3. The van der Waals surface area contributed by atoms with E-state index in [1.54, 1.807) is 0 Å². The molecule has 0 bridgehead atoms. The number of hydrogen-bond donors (Lipinski definition) is 0. The maximum atomic E-state index is 5.83. The predicted octanol–water partition coefficient (Wildman–Crippen LogP) is 6.26. The number of rotatable bonds is 10. The van der Waals surface area contributed by atoms with Crippen molar-refractivity contribution >= 4 is 12.4 Å². The topological polar surface area (TPSA) is 27.7 Å². The van der Waals surface area contributed by atoms with Gasteiger partial charge in [0, 0.05) is 0 Å². The third-order valence-corrected chi connectivity index (χ3v) is 3.42. The molecule has 0 N–H and O–H groups in total. The second-order valence-corrected chi connectivity index (χ2v) is 5.45. The molecule has 3 nitrogen and oxygen atoms in total. The lowest BCUT2D eigenvalue weighted by Crippen LogP contribution is -1.96. The van der Waals surface area contributed by atoms with E-state index in [1.807, 2.05) is 48.5 Å². The molecule has 0 aliphatic rings. The number of halogens is 1. The fourth-order valence-corrected chi connectivity index (χ4v) is 2.01. The Morgan fingerprint density at radius 2 is 0.917 bits per heavy atom. The molecule has 2 aromatic carbocycles. The van der Waals surface area contributed by atoms with Gasteiger partial charge in [0.15, 0.2) is 0 Å². The van der Waals surface area contributed by atoms with Gasteiger partial charge in [0.1, 0.15) is 23.0 Å². The molecule has 24 heavy (non-hydrogen) atoms. The van der Waals surface area contributed by atoms with E-state index >= 15 is 0 Å². The molecule has 2 rings (SSSR count). The second kappa shape index (κ2) is 11.6. The van der Waals surface area contributed by atoms with Gasteiger partial charge in [-0.25, -0.2) is 0 Å². The Morgan fingerprint density at radius 3 is 1.25 bits per heavy atom. The molecule has 132 valence electrons. The molecule has 0 saturated heterocycles. The molecule has 0 radical (unpaired) electrons. The fraction of sp³-hybridized carbons (Fsp3) is 0.400. The lowest BCUT2D eigenvalue weighted by atomic mass is 10.3. The number of benzene rings is 2. The predicted molar refractivity (Wildman–Crippen MR) is 101 cm³/mol. The molecular formula is C20H27ClO3. The van der Waals surface area contributed by atoms with Gasteiger partial charge in [0.25, 0.3) is 0 Å². The van der Waals surface area contributed by atoms with E-state index in [0.717, 1.165) is 61.9 Å². The average molecular weight is 351 g/mol. The first kappa shape index (κ1) is 20.2. The first-order valence-electron chi connectivity index (χ1n) is 8.45. The zero-order chi connectivity index (χ0) is 16.3. The van der Waals surface area contributed by atoms with E-state index in [1.165, 1.54) is 0 Å². The molecule has 0 fully saturated rings. The summed E-state index contributed by atoms with van der Waals surface area (Å²) in [7, 11) is 0. The molecule has 0 aliphatic carbocycles. The van der Waals surface area contributed by atoms with Crippen molar-refractivity contribution in [3.05, 3.63) is 48.5 Å². The molecule has 0 unspecified atom stereocenters. The standard InChI is InChI=1S/C20H26O3.ClH/c1-3-5-15-21-17-7-11-19(12-8-17)23-20-13-9-18(10-14-20)22-16-6-4-2;/h7-14H,3-6,15-16H2,1-2H3;1H. The molecule has 2 aromatic rings. The van der Waals surface area contributed by atoms with Crippen LogP contribution in [0.15, 0.2) is 48.5 Å². The molecular weight excluding hydrogens is 324 g/mol. The van der Waals surface area contributed by atoms with Gasteiger partial charge in [0.2, 0.25) is 0 Å². The third kappa shape index (κ3) is 7.14. The van der Waals surface area contributed by atoms with E-state index in [4.69, 9.17) is 14.2 Å². The molecule has 0 aromatic heterocycles. The van der Waals surface area contributed by atoms with Crippen molar-refractivity contribution in [1.82, 2.24) is 0 Å². The van der Waals surface area contributed by atoms with E-state index in [-0.39, 0.29) is 12.4 Å². The van der Waals surface area contributed by atoms with Crippen LogP contribution in [0.1, 0.15) is 39.5 Å². The summed E-state index contributed by atoms with van der Waals surface area (Å²) in [5, 5.41) is 0. The lowest BCUT2D eigenvalue weighted by Gasteiger charge is -2.09. The molecule has 0 amide bonds. The van der Waals surface area contributed by atoms with Crippen LogP contribution < -0.4 is 14.2 Å². The normalized spacial score (nSPS) is 9.92. The SMILES string of the molecule is CCCCOc1ccc(Oc2ccc(OCCCC)cc2)cc1.Cl. The van der Waals surface area contributed by atoms with Crippen molar-refractivity contribution in [3.63, 3.8) is 0 Å². The summed E-state index contributed by atoms with van der Waals surface area (Å²) < 4.78 is 17.1. The van der Waals surface area contributed by atoms with E-state index < -0.39 is 0 Å². The van der Waals surface area contributed by atoms with Crippen molar-refractivity contribution in [3.8, 4) is 23.0 Å². The number of unbranched alkanes of at least 4 members (excludes halogenated alkanes) is 2. The highest BCUT2D eigenvalue weighted by molar-refractivity contribution is 5.85. The van der Waals surface area contributed by atoms with Crippen LogP contribution >= 0.6 is 12.4 Å². The molecule has 4 heteroatoms. The van der Waals surface area contributed by atoms with Crippen LogP contribution in [0.2, 0.25) is 0 Å². The second-order valence-electron chi connectivity index (χ2n) is 5.45. The third-order valence-electron chi connectivity index (χ3n) is 3.42. The van der Waals surface area contributed by atoms with Crippen molar-refractivity contribution in [2.75, 3.05) is 13.2 Å². The first-order chi connectivity index (χ1) is 11.3. The Hall–Kier alpha value is -1.87. The highest BCUT2D eigenvalue weighted by atomic mass is 35.5. The van der Waals surface area contributed by atoms with Crippen LogP contribution in [0.3, 0.4) is 0 Å². The Balaban J connectivity index is 0.00000288. The van der Waals surface area contributed by atoms with Gasteiger partial charge in [-0.2, -0.15) is 0 Å². The van der Waals surface area contributed by atoms with Crippen LogP contribution in [-0.4, -0.2) is 13.2 Å². The van der Waals surface area contributed by atoms with Gasteiger partial charge < -0.3 is 14.2 Å². The monoisotopic (exact) mass is 350 g/mol. The molecule has 0 saturated carbocycles. The van der Waals surface area contributed by atoms with Crippen molar-refractivity contribution < 1.29 is 14.2 Å². The molecule has 0 aliphatic heterocycles. The molecule has 0 spiro atoms. The Morgan fingerprint density at radius 1 is 0.583 bits per heavy atom. The van der Waals surface area contributed by atoms with Crippen molar-refractivity contribution in [1.29, 1.82) is 0 Å². The average Bonchev–Trinajstić information content (AvgIpc) is 2.58. The van der Waals surface area contributed by atoms with Gasteiger partial charge in [-0.3, -0.25) is 0 Å². The fourth-order valence-electron chi connectivity index (χ4n) is 2.01. The minimum absolute atomic E-state index is 0. The highest BCUT2D eigenvalue weighted by Gasteiger charge is 2.00. The zero-order valence-corrected chi connectivity index (χ0v) is 15.3. The van der Waals surface area contributed by atoms with Crippen LogP contribution in [0.25, 0.3) is 0 Å². The minimum atomic E-state index is 0. The van der Waals surface area contributed by atoms with Crippen LogP contribution in [0.5, 0.6) is 23.0 Å². The summed E-state index contributed by atoms with van der Waals surface area (Å²) in [6, 6.07) is 15.4. The van der Waals surface area contributed by atoms with Crippen molar-refractivity contribution in [2.24, 2.45) is 0 Å².